The Morgan fingerprint density at radius 1 is 1.32 bits per heavy atom. The van der Waals surface area contributed by atoms with E-state index in [0.29, 0.717) is 13.0 Å². The van der Waals surface area contributed by atoms with Gasteiger partial charge >= 0.3 is 13.1 Å². The second-order valence-corrected chi connectivity index (χ2v) is 7.12. The number of rotatable bonds is 4. The Bertz CT molecular complexity index is 361. The molecule has 0 saturated carbocycles. The van der Waals surface area contributed by atoms with E-state index < -0.39 is 12.0 Å². The second-order valence-electron chi connectivity index (χ2n) is 7.12. The predicted octanol–water partition coefficient (Wildman–Crippen LogP) is 1.64. The zero-order valence-electron chi connectivity index (χ0n) is 14.5. The summed E-state index contributed by atoms with van der Waals surface area (Å²) in [6.07, 6.45) is 3.94. The predicted molar refractivity (Wildman–Crippen MR) is 87.8 cm³/mol. The fourth-order valence-corrected chi connectivity index (χ4v) is 2.40. The maximum Gasteiger partial charge on any atom is 0.457 e. The summed E-state index contributed by atoms with van der Waals surface area (Å²) in [5, 5.41) is 11.2. The summed E-state index contributed by atoms with van der Waals surface area (Å²) in [5.74, 6) is -0.803. The van der Waals surface area contributed by atoms with Crippen molar-refractivity contribution in [2.24, 2.45) is 5.73 Å². The monoisotopic (exact) mass is 314 g/mol. The molecule has 2 atom stereocenters. The minimum absolute atomic E-state index is 0.00458. The largest absolute Gasteiger partial charge is 0.480 e. The van der Waals surface area contributed by atoms with E-state index in [9.17, 15) is 4.79 Å². The average Bonchev–Trinajstić information content (AvgIpc) is 2.90. The van der Waals surface area contributed by atoms with Crippen LogP contribution in [0.2, 0.25) is 6.32 Å². The van der Waals surface area contributed by atoms with Gasteiger partial charge in [0.15, 0.2) is 0 Å². The topological polar surface area (TPSA) is 93.8 Å². The molecule has 2 saturated heterocycles. The van der Waals surface area contributed by atoms with Crippen molar-refractivity contribution in [3.8, 4) is 0 Å². The van der Waals surface area contributed by atoms with E-state index in [1.165, 1.54) is 12.8 Å². The molecule has 2 fully saturated rings. The molecule has 6 nitrogen and oxygen atoms in total. The summed E-state index contributed by atoms with van der Waals surface area (Å²) in [6, 6.07) is -0.397. The zero-order chi connectivity index (χ0) is 17.0. The molecule has 0 bridgehead atoms. The van der Waals surface area contributed by atoms with E-state index in [-0.39, 0.29) is 24.4 Å². The van der Waals surface area contributed by atoms with Crippen molar-refractivity contribution in [3.63, 3.8) is 0 Å². The summed E-state index contributed by atoms with van der Waals surface area (Å²) >= 11 is 0. The first-order valence-electron chi connectivity index (χ1n) is 8.16. The van der Waals surface area contributed by atoms with Gasteiger partial charge in [-0.25, -0.2) is 0 Å². The molecule has 7 heteroatoms. The number of nitrogens with one attached hydrogen (secondary N) is 1. The highest BCUT2D eigenvalue weighted by molar-refractivity contribution is 6.45. The van der Waals surface area contributed by atoms with E-state index in [1.54, 1.807) is 0 Å². The minimum Gasteiger partial charge on any atom is -0.480 e. The molecule has 0 aromatic carbocycles. The third kappa shape index (κ3) is 5.23. The highest BCUT2D eigenvalue weighted by atomic mass is 16.7. The molecule has 0 aliphatic carbocycles. The van der Waals surface area contributed by atoms with Crippen molar-refractivity contribution < 1.29 is 19.2 Å². The molecule has 2 heterocycles. The van der Waals surface area contributed by atoms with Gasteiger partial charge in [0.1, 0.15) is 6.04 Å². The number of nitrogens with two attached hydrogens (primary N) is 1. The third-order valence-corrected chi connectivity index (χ3v) is 4.56. The Hall–Kier alpha value is -0.625. The quantitative estimate of drug-likeness (QED) is 0.683. The van der Waals surface area contributed by atoms with Crippen LogP contribution in [0.1, 0.15) is 53.9 Å². The lowest BCUT2D eigenvalue weighted by Crippen LogP contribution is -2.41. The van der Waals surface area contributed by atoms with E-state index in [4.69, 9.17) is 20.1 Å². The molecule has 2 unspecified atom stereocenters. The maximum atomic E-state index is 10.2. The smallest absolute Gasteiger partial charge is 0.457 e. The molecular formula is C15H31BN2O4. The molecule has 2 rings (SSSR count). The van der Waals surface area contributed by atoms with Crippen LogP contribution in [-0.2, 0) is 14.1 Å². The molecular weight excluding hydrogens is 283 g/mol. The van der Waals surface area contributed by atoms with Gasteiger partial charge in [0, 0.05) is 12.6 Å². The van der Waals surface area contributed by atoms with Crippen LogP contribution in [0.3, 0.4) is 0 Å². The molecule has 4 N–H and O–H groups in total. The number of hydrogen-bond donors (Lipinski definition) is 3. The first-order valence-corrected chi connectivity index (χ1v) is 8.16. The highest BCUT2D eigenvalue weighted by Crippen LogP contribution is 2.37. The molecule has 0 radical (unpaired) electrons. The average molecular weight is 314 g/mol. The lowest BCUT2D eigenvalue weighted by Gasteiger charge is -2.32. The van der Waals surface area contributed by atoms with E-state index in [1.807, 2.05) is 0 Å². The zero-order valence-corrected chi connectivity index (χ0v) is 14.5. The van der Waals surface area contributed by atoms with E-state index in [2.05, 4.69) is 39.9 Å². The van der Waals surface area contributed by atoms with Crippen LogP contribution in [-0.4, -0.2) is 48.0 Å². The Balaban J connectivity index is 0.000000235. The van der Waals surface area contributed by atoms with Crippen LogP contribution in [0.5, 0.6) is 0 Å². The molecule has 128 valence electrons. The fraction of sp³-hybridized carbons (Fsp3) is 0.933. The number of carboxylic acids is 1. The standard InChI is InChI=1S/C10H21BO2.C5H10N2O2/c1-6-7-8-11-12-9(2,3)10(4,5)13-11;6-3-1-4(5(8)9)7-2-3/h6-8H2,1-5H3;3-4,7H,1-2,6H2,(H,8,9). The van der Waals surface area contributed by atoms with Crippen molar-refractivity contribution in [3.05, 3.63) is 0 Å². The van der Waals surface area contributed by atoms with Gasteiger partial charge in [-0.2, -0.15) is 0 Å². The van der Waals surface area contributed by atoms with Gasteiger partial charge in [-0.3, -0.25) is 4.79 Å². The minimum atomic E-state index is -0.803. The molecule has 0 spiro atoms. The molecule has 2 aliphatic heterocycles. The van der Waals surface area contributed by atoms with Crippen LogP contribution >= 0.6 is 0 Å². The van der Waals surface area contributed by atoms with Crippen LogP contribution in [0, 0.1) is 0 Å². The van der Waals surface area contributed by atoms with Crippen LogP contribution in [0.15, 0.2) is 0 Å². The summed E-state index contributed by atoms with van der Waals surface area (Å²) in [6.45, 7) is 11.2. The fourth-order valence-electron chi connectivity index (χ4n) is 2.40. The SMILES string of the molecule is CCCCB1OC(C)(C)C(C)(C)O1.NC1CNC(C(=O)O)C1. The van der Waals surface area contributed by atoms with Crippen molar-refractivity contribution >= 4 is 13.1 Å². The van der Waals surface area contributed by atoms with Gasteiger partial charge in [0.25, 0.3) is 0 Å². The lowest BCUT2D eigenvalue weighted by atomic mass is 9.82. The van der Waals surface area contributed by atoms with Crippen LogP contribution in [0.4, 0.5) is 0 Å². The Morgan fingerprint density at radius 3 is 2.18 bits per heavy atom. The van der Waals surface area contributed by atoms with E-state index >= 15 is 0 Å². The second kappa shape index (κ2) is 7.77. The van der Waals surface area contributed by atoms with Gasteiger partial charge in [-0.15, -0.1) is 0 Å². The number of hydrogen-bond acceptors (Lipinski definition) is 5. The van der Waals surface area contributed by atoms with Gasteiger partial charge in [0.2, 0.25) is 0 Å². The Kier molecular flexibility index (Phi) is 6.86. The highest BCUT2D eigenvalue weighted by Gasteiger charge is 2.50. The summed E-state index contributed by atoms with van der Waals surface area (Å²) in [4.78, 5) is 10.2. The van der Waals surface area contributed by atoms with Gasteiger partial charge < -0.3 is 25.5 Å². The summed E-state index contributed by atoms with van der Waals surface area (Å²) in [5.41, 5.74) is 5.11. The molecule has 0 aromatic heterocycles. The lowest BCUT2D eigenvalue weighted by molar-refractivity contribution is -0.139. The van der Waals surface area contributed by atoms with Crippen molar-refractivity contribution in [2.45, 2.75) is 83.5 Å². The van der Waals surface area contributed by atoms with Crippen molar-refractivity contribution in [1.82, 2.24) is 5.32 Å². The van der Waals surface area contributed by atoms with Crippen LogP contribution in [0.25, 0.3) is 0 Å². The molecule has 0 amide bonds. The van der Waals surface area contributed by atoms with Gasteiger partial charge in [-0.05, 0) is 40.4 Å². The number of carboxylic acid groups (broad SMARTS) is 1. The number of carbonyl (C=O) groups is 1. The normalized spacial score (nSPS) is 29.1. The summed E-state index contributed by atoms with van der Waals surface area (Å²) < 4.78 is 11.7. The molecule has 2 aliphatic rings. The first kappa shape index (κ1) is 19.4. The molecule has 0 aromatic rings. The number of unbranched alkanes of at least 4 members (excludes halogenated alkanes) is 1. The van der Waals surface area contributed by atoms with Crippen molar-refractivity contribution in [2.75, 3.05) is 6.54 Å². The summed E-state index contributed by atoms with van der Waals surface area (Å²) in [7, 11) is 0.00458. The molecule has 22 heavy (non-hydrogen) atoms. The van der Waals surface area contributed by atoms with E-state index in [0.717, 1.165) is 6.32 Å². The Morgan fingerprint density at radius 2 is 1.86 bits per heavy atom. The maximum absolute atomic E-state index is 10.2. The van der Waals surface area contributed by atoms with Gasteiger partial charge in [0.05, 0.1) is 11.2 Å². The Labute approximate surface area is 134 Å². The van der Waals surface area contributed by atoms with Crippen LogP contribution < -0.4 is 11.1 Å². The third-order valence-electron chi connectivity index (χ3n) is 4.56. The number of aliphatic carboxylic acids is 1. The van der Waals surface area contributed by atoms with Gasteiger partial charge in [-0.1, -0.05) is 19.8 Å². The van der Waals surface area contributed by atoms with Crippen molar-refractivity contribution in [1.29, 1.82) is 0 Å². The first-order chi connectivity index (χ1) is 10.1.